The van der Waals surface area contributed by atoms with Gasteiger partial charge in [-0.3, -0.25) is 4.79 Å². The average Bonchev–Trinajstić information content (AvgIpc) is 3.20. The van der Waals surface area contributed by atoms with Crippen LogP contribution in [0.4, 0.5) is 0 Å². The van der Waals surface area contributed by atoms with Gasteiger partial charge in [-0.1, -0.05) is 11.3 Å². The summed E-state index contributed by atoms with van der Waals surface area (Å²) < 4.78 is 12.8. The summed E-state index contributed by atoms with van der Waals surface area (Å²) in [6.07, 6.45) is -1.74. The number of carbonyl (C=O) groups is 1. The second-order valence-corrected chi connectivity index (χ2v) is 6.50. The van der Waals surface area contributed by atoms with Gasteiger partial charge in [-0.2, -0.15) is 5.26 Å². The molecule has 3 N–H and O–H groups in total. The standard InChI is InChI=1S/C19H21N5O5/c1-3-8-28-19-15(21-11(2)25)16(26)17(27)18(29-19)14-10-24(23-22-14)13-6-4-12(9-20)5-7-13/h3-7,10,15-19,26-27H,1,8H2,2H3,(H,21,25)/t15-,16-,17-,18-,19+/m1/s1. The first-order valence-corrected chi connectivity index (χ1v) is 8.88. The van der Waals surface area contributed by atoms with Crippen LogP contribution >= 0.6 is 0 Å². The molecule has 0 bridgehead atoms. The monoisotopic (exact) mass is 399 g/mol. The first-order chi connectivity index (χ1) is 13.9. The van der Waals surface area contributed by atoms with E-state index in [0.29, 0.717) is 11.3 Å². The number of nitrogens with zero attached hydrogens (tertiary/aromatic N) is 4. The molecule has 152 valence electrons. The number of aromatic nitrogens is 3. The fraction of sp³-hybridized carbons (Fsp3) is 0.368. The number of aliphatic hydroxyl groups is 2. The second-order valence-electron chi connectivity index (χ2n) is 6.50. The predicted molar refractivity (Wildman–Crippen MR) is 99.5 cm³/mol. The lowest BCUT2D eigenvalue weighted by atomic mass is 9.95. The van der Waals surface area contributed by atoms with Crippen LogP contribution in [0.25, 0.3) is 5.69 Å². The Morgan fingerprint density at radius 2 is 2.14 bits per heavy atom. The molecule has 3 rings (SSSR count). The zero-order chi connectivity index (χ0) is 21.0. The summed E-state index contributed by atoms with van der Waals surface area (Å²) in [5.74, 6) is -0.401. The summed E-state index contributed by atoms with van der Waals surface area (Å²) in [4.78, 5) is 11.5. The minimum absolute atomic E-state index is 0.119. The predicted octanol–water partition coefficient (Wildman–Crippen LogP) is -0.0345. The molecule has 1 aromatic heterocycles. The molecule has 1 fully saturated rings. The van der Waals surface area contributed by atoms with E-state index in [1.54, 1.807) is 30.5 Å². The molecule has 1 saturated heterocycles. The highest BCUT2D eigenvalue weighted by molar-refractivity contribution is 5.73. The molecule has 0 saturated carbocycles. The van der Waals surface area contributed by atoms with Crippen LogP contribution in [0.2, 0.25) is 0 Å². The zero-order valence-corrected chi connectivity index (χ0v) is 15.7. The van der Waals surface area contributed by atoms with Crippen LogP contribution in [0.5, 0.6) is 0 Å². The Bertz CT molecular complexity index is 906. The molecular formula is C19H21N5O5. The molecule has 1 aliphatic heterocycles. The maximum absolute atomic E-state index is 11.5. The van der Waals surface area contributed by atoms with Crippen molar-refractivity contribution in [2.75, 3.05) is 6.61 Å². The minimum atomic E-state index is -1.37. The number of nitriles is 1. The number of ether oxygens (including phenoxy) is 2. The molecular weight excluding hydrogens is 378 g/mol. The van der Waals surface area contributed by atoms with Gasteiger partial charge in [0.15, 0.2) is 6.29 Å². The first kappa shape index (κ1) is 20.6. The van der Waals surface area contributed by atoms with Crippen molar-refractivity contribution in [1.82, 2.24) is 20.3 Å². The normalized spacial score (nSPS) is 26.5. The Balaban J connectivity index is 1.84. The number of hydrogen-bond donors (Lipinski definition) is 3. The van der Waals surface area contributed by atoms with Crippen molar-refractivity contribution >= 4 is 5.91 Å². The SMILES string of the molecule is C=CCO[C@H]1O[C@H](c2cn(-c3ccc(C#N)cc3)nn2)[C@H](O)[C@H](O)[C@H]1NC(C)=O. The molecule has 0 radical (unpaired) electrons. The summed E-state index contributed by atoms with van der Waals surface area (Å²) in [6.45, 7) is 4.98. The van der Waals surface area contributed by atoms with Crippen LogP contribution in [0.1, 0.15) is 24.3 Å². The molecule has 29 heavy (non-hydrogen) atoms. The highest BCUT2D eigenvalue weighted by Gasteiger charge is 2.47. The zero-order valence-electron chi connectivity index (χ0n) is 15.7. The third-order valence-corrected chi connectivity index (χ3v) is 4.41. The fourth-order valence-corrected chi connectivity index (χ4v) is 3.02. The molecule has 0 spiro atoms. The summed E-state index contributed by atoms with van der Waals surface area (Å²) in [5, 5.41) is 40.6. The van der Waals surface area contributed by atoms with Gasteiger partial charge >= 0.3 is 0 Å². The van der Waals surface area contributed by atoms with Crippen LogP contribution in [0.3, 0.4) is 0 Å². The van der Waals surface area contributed by atoms with E-state index in [4.69, 9.17) is 14.7 Å². The van der Waals surface area contributed by atoms with Gasteiger partial charge in [0, 0.05) is 6.92 Å². The number of carbonyl (C=O) groups excluding carboxylic acids is 1. The lowest BCUT2D eigenvalue weighted by Gasteiger charge is -2.41. The van der Waals surface area contributed by atoms with Gasteiger partial charge in [-0.15, -0.1) is 11.7 Å². The number of benzene rings is 1. The van der Waals surface area contributed by atoms with Gasteiger partial charge in [0.05, 0.1) is 30.1 Å². The number of rotatable bonds is 6. The minimum Gasteiger partial charge on any atom is -0.388 e. The number of aliphatic hydroxyl groups excluding tert-OH is 2. The smallest absolute Gasteiger partial charge is 0.217 e. The Morgan fingerprint density at radius 3 is 2.76 bits per heavy atom. The van der Waals surface area contributed by atoms with Gasteiger partial charge < -0.3 is 25.0 Å². The van der Waals surface area contributed by atoms with Crippen molar-refractivity contribution < 1.29 is 24.5 Å². The quantitative estimate of drug-likeness (QED) is 0.575. The van der Waals surface area contributed by atoms with Gasteiger partial charge in [-0.05, 0) is 24.3 Å². The highest BCUT2D eigenvalue weighted by atomic mass is 16.7. The van der Waals surface area contributed by atoms with E-state index in [1.807, 2.05) is 6.07 Å². The van der Waals surface area contributed by atoms with Crippen LogP contribution in [0.15, 0.2) is 43.1 Å². The maximum Gasteiger partial charge on any atom is 0.217 e. The highest BCUT2D eigenvalue weighted by Crippen LogP contribution is 2.32. The Morgan fingerprint density at radius 1 is 1.41 bits per heavy atom. The first-order valence-electron chi connectivity index (χ1n) is 8.88. The molecule has 0 aliphatic carbocycles. The van der Waals surface area contributed by atoms with E-state index in [-0.39, 0.29) is 12.3 Å². The van der Waals surface area contributed by atoms with Crippen molar-refractivity contribution in [2.45, 2.75) is 37.6 Å². The van der Waals surface area contributed by atoms with Crippen LogP contribution in [0, 0.1) is 11.3 Å². The summed E-state index contributed by atoms with van der Waals surface area (Å²) >= 11 is 0. The molecule has 2 aromatic rings. The Hall–Kier alpha value is -3.10. The van der Waals surface area contributed by atoms with Crippen LogP contribution in [-0.2, 0) is 14.3 Å². The van der Waals surface area contributed by atoms with Crippen molar-refractivity contribution in [3.8, 4) is 11.8 Å². The molecule has 10 nitrogen and oxygen atoms in total. The van der Waals surface area contributed by atoms with Gasteiger partial charge in [0.2, 0.25) is 5.91 Å². The van der Waals surface area contributed by atoms with Gasteiger partial charge in [-0.25, -0.2) is 4.68 Å². The topological polar surface area (TPSA) is 143 Å². The molecule has 1 aliphatic rings. The van der Waals surface area contributed by atoms with E-state index in [0.717, 1.165) is 0 Å². The van der Waals surface area contributed by atoms with E-state index < -0.39 is 36.6 Å². The van der Waals surface area contributed by atoms with Gasteiger partial charge in [0.25, 0.3) is 0 Å². The third-order valence-electron chi connectivity index (χ3n) is 4.41. The number of hydrogen-bond acceptors (Lipinski definition) is 8. The van der Waals surface area contributed by atoms with Crippen molar-refractivity contribution in [3.05, 3.63) is 54.4 Å². The third kappa shape index (κ3) is 4.49. The average molecular weight is 399 g/mol. The molecule has 1 aromatic carbocycles. The molecule has 2 heterocycles. The molecule has 0 unspecified atom stereocenters. The van der Waals surface area contributed by atoms with Crippen LogP contribution < -0.4 is 5.32 Å². The second kappa shape index (κ2) is 8.93. The van der Waals surface area contributed by atoms with E-state index in [1.165, 1.54) is 17.7 Å². The summed E-state index contributed by atoms with van der Waals surface area (Å²) in [6, 6.07) is 7.76. The lowest BCUT2D eigenvalue weighted by Crippen LogP contribution is -2.61. The van der Waals surface area contributed by atoms with E-state index in [2.05, 4.69) is 22.2 Å². The van der Waals surface area contributed by atoms with Crippen molar-refractivity contribution in [1.29, 1.82) is 5.26 Å². The van der Waals surface area contributed by atoms with Crippen molar-refractivity contribution in [3.63, 3.8) is 0 Å². The summed E-state index contributed by atoms with van der Waals surface area (Å²) in [7, 11) is 0. The maximum atomic E-state index is 11.5. The summed E-state index contributed by atoms with van der Waals surface area (Å²) in [5.41, 5.74) is 1.44. The molecule has 10 heteroatoms. The Labute approximate surface area is 167 Å². The van der Waals surface area contributed by atoms with Gasteiger partial charge in [0.1, 0.15) is 30.0 Å². The molecule has 1 amide bonds. The Kier molecular flexibility index (Phi) is 6.36. The fourth-order valence-electron chi connectivity index (χ4n) is 3.02. The number of amides is 1. The number of nitrogens with one attached hydrogen (secondary N) is 1. The molecule has 5 atom stereocenters. The largest absolute Gasteiger partial charge is 0.388 e. The van der Waals surface area contributed by atoms with E-state index in [9.17, 15) is 15.0 Å². The van der Waals surface area contributed by atoms with E-state index >= 15 is 0 Å². The van der Waals surface area contributed by atoms with Crippen LogP contribution in [-0.4, -0.2) is 62.3 Å². The van der Waals surface area contributed by atoms with Crippen molar-refractivity contribution in [2.24, 2.45) is 0 Å². The lowest BCUT2D eigenvalue weighted by molar-refractivity contribution is -0.265.